The summed E-state index contributed by atoms with van der Waals surface area (Å²) in [5, 5.41) is 18.3. The first kappa shape index (κ1) is 11.7. The molecule has 0 saturated carbocycles. The minimum atomic E-state index is -0.418. The Morgan fingerprint density at radius 2 is 2.08 bits per heavy atom. The summed E-state index contributed by atoms with van der Waals surface area (Å²) in [6, 6.07) is 0. The Hall–Kier alpha value is -0.340. The molecule has 0 heterocycles. The molecule has 0 saturated heterocycles. The lowest BCUT2D eigenvalue weighted by molar-refractivity contribution is 0.0828. The van der Waals surface area contributed by atoms with E-state index in [9.17, 15) is 5.11 Å². The maximum Gasteiger partial charge on any atom is 0.0624 e. The molecule has 0 aromatic carbocycles. The van der Waals surface area contributed by atoms with Gasteiger partial charge in [-0.05, 0) is 6.42 Å². The fourth-order valence-corrected chi connectivity index (χ4v) is 1.17. The van der Waals surface area contributed by atoms with E-state index in [1.165, 1.54) is 0 Å². The van der Waals surface area contributed by atoms with Gasteiger partial charge >= 0.3 is 0 Å². The first-order valence-corrected chi connectivity index (χ1v) is 4.67. The SMILES string of the molecule is C=CC(CO)C(O)CCCCC. The van der Waals surface area contributed by atoms with Gasteiger partial charge in [0.1, 0.15) is 0 Å². The van der Waals surface area contributed by atoms with Crippen LogP contribution in [0.1, 0.15) is 32.6 Å². The van der Waals surface area contributed by atoms with Crippen molar-refractivity contribution >= 4 is 0 Å². The molecule has 0 aromatic heterocycles. The van der Waals surface area contributed by atoms with E-state index in [2.05, 4.69) is 13.5 Å². The third kappa shape index (κ3) is 4.52. The third-order valence-corrected chi connectivity index (χ3v) is 2.11. The molecule has 0 amide bonds. The van der Waals surface area contributed by atoms with Crippen LogP contribution in [0.15, 0.2) is 12.7 Å². The highest BCUT2D eigenvalue weighted by molar-refractivity contribution is 4.83. The average Bonchev–Trinajstić information content (AvgIpc) is 2.07. The zero-order valence-electron chi connectivity index (χ0n) is 7.87. The monoisotopic (exact) mass is 172 g/mol. The van der Waals surface area contributed by atoms with Crippen LogP contribution in [-0.4, -0.2) is 22.9 Å². The number of hydrogen-bond donors (Lipinski definition) is 2. The second-order valence-corrected chi connectivity index (χ2v) is 3.15. The molecule has 0 spiro atoms. The van der Waals surface area contributed by atoms with E-state index in [1.54, 1.807) is 6.08 Å². The lowest BCUT2D eigenvalue weighted by Crippen LogP contribution is -2.21. The minimum Gasteiger partial charge on any atom is -0.396 e. The fraction of sp³-hybridized carbons (Fsp3) is 0.800. The van der Waals surface area contributed by atoms with Crippen molar-refractivity contribution < 1.29 is 10.2 Å². The summed E-state index contributed by atoms with van der Waals surface area (Å²) in [5.41, 5.74) is 0. The van der Waals surface area contributed by atoms with Gasteiger partial charge in [0.15, 0.2) is 0 Å². The first-order valence-electron chi connectivity index (χ1n) is 4.67. The minimum absolute atomic E-state index is 0.00318. The Kier molecular flexibility index (Phi) is 7.11. The molecule has 2 N–H and O–H groups in total. The molecule has 0 rings (SSSR count). The highest BCUT2D eigenvalue weighted by atomic mass is 16.3. The van der Waals surface area contributed by atoms with Gasteiger partial charge in [0.05, 0.1) is 12.7 Å². The summed E-state index contributed by atoms with van der Waals surface area (Å²) in [6.45, 7) is 5.69. The van der Waals surface area contributed by atoms with E-state index in [1.807, 2.05) is 0 Å². The summed E-state index contributed by atoms with van der Waals surface area (Å²) >= 11 is 0. The van der Waals surface area contributed by atoms with E-state index >= 15 is 0 Å². The van der Waals surface area contributed by atoms with Gasteiger partial charge in [-0.15, -0.1) is 6.58 Å². The third-order valence-electron chi connectivity index (χ3n) is 2.11. The van der Waals surface area contributed by atoms with Crippen LogP contribution in [0.3, 0.4) is 0 Å². The van der Waals surface area contributed by atoms with Crippen molar-refractivity contribution in [3.8, 4) is 0 Å². The van der Waals surface area contributed by atoms with Crippen LogP contribution in [0.5, 0.6) is 0 Å². The number of hydrogen-bond acceptors (Lipinski definition) is 2. The highest BCUT2D eigenvalue weighted by Crippen LogP contribution is 2.12. The van der Waals surface area contributed by atoms with Crippen molar-refractivity contribution in [3.63, 3.8) is 0 Å². The van der Waals surface area contributed by atoms with Gasteiger partial charge in [0.25, 0.3) is 0 Å². The van der Waals surface area contributed by atoms with Crippen LogP contribution in [0.2, 0.25) is 0 Å². The van der Waals surface area contributed by atoms with Crippen LogP contribution >= 0.6 is 0 Å². The lowest BCUT2D eigenvalue weighted by Gasteiger charge is -2.16. The summed E-state index contributed by atoms with van der Waals surface area (Å²) in [5.74, 6) is -0.151. The van der Waals surface area contributed by atoms with Gasteiger partial charge in [-0.25, -0.2) is 0 Å². The van der Waals surface area contributed by atoms with Gasteiger partial charge in [-0.1, -0.05) is 32.3 Å². The Morgan fingerprint density at radius 1 is 1.42 bits per heavy atom. The maximum atomic E-state index is 9.50. The summed E-state index contributed by atoms with van der Waals surface area (Å²) in [4.78, 5) is 0. The molecule has 0 bridgehead atoms. The van der Waals surface area contributed by atoms with Crippen LogP contribution in [0, 0.1) is 5.92 Å². The highest BCUT2D eigenvalue weighted by Gasteiger charge is 2.13. The van der Waals surface area contributed by atoms with Crippen LogP contribution in [0.25, 0.3) is 0 Å². The van der Waals surface area contributed by atoms with Crippen molar-refractivity contribution in [3.05, 3.63) is 12.7 Å². The van der Waals surface area contributed by atoms with Crippen molar-refractivity contribution in [2.45, 2.75) is 38.7 Å². The molecule has 2 atom stereocenters. The van der Waals surface area contributed by atoms with E-state index < -0.39 is 6.10 Å². The van der Waals surface area contributed by atoms with E-state index in [-0.39, 0.29) is 12.5 Å². The molecule has 0 aliphatic rings. The quantitative estimate of drug-likeness (QED) is 0.453. The van der Waals surface area contributed by atoms with E-state index in [4.69, 9.17) is 5.11 Å². The Bertz CT molecular complexity index is 112. The fourth-order valence-electron chi connectivity index (χ4n) is 1.17. The van der Waals surface area contributed by atoms with E-state index in [0.717, 1.165) is 25.7 Å². The average molecular weight is 172 g/mol. The summed E-state index contributed by atoms with van der Waals surface area (Å²) < 4.78 is 0. The largest absolute Gasteiger partial charge is 0.396 e. The molecule has 2 nitrogen and oxygen atoms in total. The van der Waals surface area contributed by atoms with Crippen molar-refractivity contribution in [2.75, 3.05) is 6.61 Å². The normalized spacial score (nSPS) is 15.6. The van der Waals surface area contributed by atoms with Crippen LogP contribution in [-0.2, 0) is 0 Å². The van der Waals surface area contributed by atoms with Crippen LogP contribution in [0.4, 0.5) is 0 Å². The summed E-state index contributed by atoms with van der Waals surface area (Å²) in [6.07, 6.45) is 5.31. The Morgan fingerprint density at radius 3 is 2.50 bits per heavy atom. The molecule has 0 aliphatic heterocycles. The molecule has 72 valence electrons. The zero-order valence-corrected chi connectivity index (χ0v) is 7.87. The van der Waals surface area contributed by atoms with Gasteiger partial charge in [0, 0.05) is 5.92 Å². The van der Waals surface area contributed by atoms with E-state index in [0.29, 0.717) is 0 Å². The number of rotatable bonds is 7. The molecule has 12 heavy (non-hydrogen) atoms. The van der Waals surface area contributed by atoms with Crippen molar-refractivity contribution in [1.29, 1.82) is 0 Å². The maximum absolute atomic E-state index is 9.50. The number of aliphatic hydroxyl groups is 2. The standard InChI is InChI=1S/C10H20O2/c1-3-5-6-7-10(12)9(4-2)8-11/h4,9-12H,2-3,5-8H2,1H3. The van der Waals surface area contributed by atoms with Crippen molar-refractivity contribution in [2.24, 2.45) is 5.92 Å². The topological polar surface area (TPSA) is 40.5 Å². The van der Waals surface area contributed by atoms with Crippen molar-refractivity contribution in [1.82, 2.24) is 0 Å². The predicted molar refractivity (Wildman–Crippen MR) is 50.9 cm³/mol. The second kappa shape index (κ2) is 7.32. The molecular formula is C10H20O2. The first-order chi connectivity index (χ1) is 5.76. The Labute approximate surface area is 74.9 Å². The molecule has 2 heteroatoms. The zero-order chi connectivity index (χ0) is 9.40. The van der Waals surface area contributed by atoms with Crippen LogP contribution < -0.4 is 0 Å². The molecule has 0 aliphatic carbocycles. The van der Waals surface area contributed by atoms with Gasteiger partial charge < -0.3 is 10.2 Å². The molecule has 0 fully saturated rings. The number of aliphatic hydroxyl groups excluding tert-OH is 2. The summed E-state index contributed by atoms with van der Waals surface area (Å²) in [7, 11) is 0. The molecule has 0 radical (unpaired) electrons. The molecular weight excluding hydrogens is 152 g/mol. The van der Waals surface area contributed by atoms with Gasteiger partial charge in [-0.3, -0.25) is 0 Å². The smallest absolute Gasteiger partial charge is 0.0624 e. The predicted octanol–water partition coefficient (Wildman–Crippen LogP) is 1.72. The lowest BCUT2D eigenvalue weighted by atomic mass is 9.98. The number of unbranched alkanes of at least 4 members (excludes halogenated alkanes) is 2. The van der Waals surface area contributed by atoms with Gasteiger partial charge in [0.2, 0.25) is 0 Å². The molecule has 2 unspecified atom stereocenters. The van der Waals surface area contributed by atoms with Gasteiger partial charge in [-0.2, -0.15) is 0 Å². The Balaban J connectivity index is 3.53. The molecule has 0 aromatic rings. The second-order valence-electron chi connectivity index (χ2n) is 3.15.